The number of phenolic OH excluding ortho intramolecular Hbond substituents is 1. The maximum atomic E-state index is 10.0. The van der Waals surface area contributed by atoms with Crippen molar-refractivity contribution in [1.29, 1.82) is 0 Å². The fourth-order valence-electron chi connectivity index (χ4n) is 1.07. The molecule has 0 fully saturated rings. The third kappa shape index (κ3) is 4.82. The van der Waals surface area contributed by atoms with Crippen molar-refractivity contribution in [3.63, 3.8) is 0 Å². The summed E-state index contributed by atoms with van der Waals surface area (Å²) in [4.78, 5) is 19.1. The third-order valence-corrected chi connectivity index (χ3v) is 1.97. The lowest BCUT2D eigenvalue weighted by molar-refractivity contribution is -0.385. The lowest BCUT2D eigenvalue weighted by atomic mass is 10.3. The molecule has 0 unspecified atom stereocenters. The monoisotopic (exact) mass is 261 g/mol. The second kappa shape index (κ2) is 6.70. The lowest BCUT2D eigenvalue weighted by Crippen LogP contribution is -1.85. The number of benzene rings is 2. The highest BCUT2D eigenvalue weighted by molar-refractivity contribution is 5.35. The lowest BCUT2D eigenvalue weighted by Gasteiger charge is -1.89. The Hall–Kier alpha value is -2.96. The summed E-state index contributed by atoms with van der Waals surface area (Å²) in [5.41, 5.74) is 0.0894. The summed E-state index contributed by atoms with van der Waals surface area (Å²) < 4.78 is 0. The Bertz CT molecular complexity index is 554. The molecule has 0 aromatic heterocycles. The second-order valence-corrected chi connectivity index (χ2v) is 3.29. The fourth-order valence-corrected chi connectivity index (χ4v) is 1.07. The van der Waals surface area contributed by atoms with Gasteiger partial charge in [-0.1, -0.05) is 0 Å². The molecule has 0 atom stereocenters. The van der Waals surface area contributed by atoms with Gasteiger partial charge in [-0.15, -0.1) is 0 Å². The first kappa shape index (κ1) is 14.1. The van der Waals surface area contributed by atoms with Crippen LogP contribution in [0, 0.1) is 26.3 Å². The Labute approximate surface area is 108 Å². The SMILES string of the molecule is O=[N+]([O-])c1cc[c]cc1.O=[N+]([O-])c1ccc(O)cc1. The Morgan fingerprint density at radius 1 is 0.842 bits per heavy atom. The molecule has 2 rings (SSSR count). The maximum Gasteiger partial charge on any atom is 0.269 e. The standard InChI is InChI=1S/C6H5NO3.C6H4NO2/c8-6-3-1-5(2-4-6)7(9)10;8-7(9)6-4-2-1-3-5-6/h1-4,8H;2-5H. The highest BCUT2D eigenvalue weighted by atomic mass is 16.6. The van der Waals surface area contributed by atoms with E-state index in [0.717, 1.165) is 0 Å². The van der Waals surface area contributed by atoms with Crippen LogP contribution in [0.4, 0.5) is 11.4 Å². The predicted octanol–water partition coefficient (Wildman–Crippen LogP) is 2.70. The first-order chi connectivity index (χ1) is 9.00. The van der Waals surface area contributed by atoms with Crippen LogP contribution in [-0.4, -0.2) is 15.0 Å². The van der Waals surface area contributed by atoms with Crippen LogP contribution in [0.25, 0.3) is 0 Å². The van der Waals surface area contributed by atoms with Gasteiger partial charge in [-0.25, -0.2) is 0 Å². The van der Waals surface area contributed by atoms with E-state index in [1.807, 2.05) is 0 Å². The van der Waals surface area contributed by atoms with E-state index in [9.17, 15) is 20.2 Å². The van der Waals surface area contributed by atoms with Crippen LogP contribution in [0.2, 0.25) is 0 Å². The van der Waals surface area contributed by atoms with Crippen LogP contribution in [0.3, 0.4) is 0 Å². The van der Waals surface area contributed by atoms with Crippen molar-refractivity contribution in [3.8, 4) is 5.75 Å². The largest absolute Gasteiger partial charge is 0.508 e. The van der Waals surface area contributed by atoms with E-state index < -0.39 is 9.85 Å². The molecule has 1 N–H and O–H groups in total. The highest BCUT2D eigenvalue weighted by Gasteiger charge is 2.01. The molecule has 0 saturated heterocycles. The van der Waals surface area contributed by atoms with Crippen molar-refractivity contribution < 1.29 is 15.0 Å². The molecule has 7 heteroatoms. The van der Waals surface area contributed by atoms with Gasteiger partial charge < -0.3 is 5.11 Å². The highest BCUT2D eigenvalue weighted by Crippen LogP contribution is 2.15. The minimum absolute atomic E-state index is 0.0159. The molecule has 0 heterocycles. The van der Waals surface area contributed by atoms with Gasteiger partial charge in [0, 0.05) is 24.3 Å². The van der Waals surface area contributed by atoms with Crippen LogP contribution < -0.4 is 0 Å². The van der Waals surface area contributed by atoms with E-state index >= 15 is 0 Å². The van der Waals surface area contributed by atoms with Gasteiger partial charge in [0.1, 0.15) is 5.75 Å². The number of phenols is 1. The average molecular weight is 261 g/mol. The van der Waals surface area contributed by atoms with Gasteiger partial charge in [-0.3, -0.25) is 20.2 Å². The minimum atomic E-state index is -0.514. The molecule has 97 valence electrons. The number of hydrogen-bond acceptors (Lipinski definition) is 5. The van der Waals surface area contributed by atoms with Gasteiger partial charge in [0.25, 0.3) is 11.4 Å². The molecule has 0 aliphatic heterocycles. The van der Waals surface area contributed by atoms with E-state index in [1.165, 1.54) is 48.5 Å². The van der Waals surface area contributed by atoms with Gasteiger partial charge in [0.15, 0.2) is 0 Å². The second-order valence-electron chi connectivity index (χ2n) is 3.29. The first-order valence-electron chi connectivity index (χ1n) is 5.04. The van der Waals surface area contributed by atoms with E-state index in [4.69, 9.17) is 5.11 Å². The van der Waals surface area contributed by atoms with Crippen LogP contribution in [0.1, 0.15) is 0 Å². The van der Waals surface area contributed by atoms with Crippen LogP contribution in [-0.2, 0) is 0 Å². The zero-order valence-electron chi connectivity index (χ0n) is 9.59. The van der Waals surface area contributed by atoms with Crippen LogP contribution >= 0.6 is 0 Å². The van der Waals surface area contributed by atoms with Crippen molar-refractivity contribution >= 4 is 11.4 Å². The summed E-state index contributed by atoms with van der Waals surface area (Å²) in [5.74, 6) is 0.0330. The first-order valence-corrected chi connectivity index (χ1v) is 5.04. The molecule has 7 nitrogen and oxygen atoms in total. The molecular formula is C12H9N2O5. The number of non-ortho nitro benzene ring substituents is 2. The number of rotatable bonds is 2. The van der Waals surface area contributed by atoms with E-state index in [0.29, 0.717) is 0 Å². The van der Waals surface area contributed by atoms with E-state index in [-0.39, 0.29) is 17.1 Å². The van der Waals surface area contributed by atoms with Gasteiger partial charge in [-0.05, 0) is 30.3 Å². The van der Waals surface area contributed by atoms with Gasteiger partial charge in [0.05, 0.1) is 9.85 Å². The summed E-state index contributed by atoms with van der Waals surface area (Å²) in [6.45, 7) is 0. The normalized spacial score (nSPS) is 9.05. The quantitative estimate of drug-likeness (QED) is 0.660. The predicted molar refractivity (Wildman–Crippen MR) is 66.7 cm³/mol. The molecule has 2 aromatic rings. The van der Waals surface area contributed by atoms with Crippen molar-refractivity contribution in [2.24, 2.45) is 0 Å². The smallest absolute Gasteiger partial charge is 0.269 e. The summed E-state index contributed by atoms with van der Waals surface area (Å²) in [5, 5.41) is 28.7. The Morgan fingerprint density at radius 3 is 1.63 bits per heavy atom. The molecule has 0 saturated carbocycles. The Kier molecular flexibility index (Phi) is 4.97. The molecule has 2 aromatic carbocycles. The fraction of sp³-hybridized carbons (Fsp3) is 0. The summed E-state index contributed by atoms with van der Waals surface area (Å²) in [6.07, 6.45) is 0. The van der Waals surface area contributed by atoms with Gasteiger partial charge in [-0.2, -0.15) is 0 Å². The summed E-state index contributed by atoms with van der Waals surface area (Å²) in [6, 6.07) is 13.6. The number of nitro benzene ring substituents is 2. The molecule has 0 aliphatic rings. The zero-order chi connectivity index (χ0) is 14.3. The van der Waals surface area contributed by atoms with Gasteiger partial charge >= 0.3 is 0 Å². The van der Waals surface area contributed by atoms with Crippen molar-refractivity contribution in [2.45, 2.75) is 0 Å². The molecule has 1 radical (unpaired) electrons. The van der Waals surface area contributed by atoms with Crippen molar-refractivity contribution in [1.82, 2.24) is 0 Å². The van der Waals surface area contributed by atoms with Crippen LogP contribution in [0.5, 0.6) is 5.75 Å². The minimum Gasteiger partial charge on any atom is -0.508 e. The topological polar surface area (TPSA) is 107 Å². The molecular weight excluding hydrogens is 252 g/mol. The number of aromatic hydroxyl groups is 1. The molecule has 0 amide bonds. The number of nitrogens with zero attached hydrogens (tertiary/aromatic N) is 2. The van der Waals surface area contributed by atoms with Crippen molar-refractivity contribution in [3.05, 3.63) is 74.8 Å². The maximum absolute atomic E-state index is 10.0. The summed E-state index contributed by atoms with van der Waals surface area (Å²) in [7, 11) is 0. The molecule has 0 spiro atoms. The molecule has 0 bridgehead atoms. The van der Waals surface area contributed by atoms with Crippen LogP contribution in [0.15, 0.2) is 48.5 Å². The van der Waals surface area contributed by atoms with E-state index in [1.54, 1.807) is 0 Å². The zero-order valence-corrected chi connectivity index (χ0v) is 9.59. The number of hydrogen-bond donors (Lipinski definition) is 1. The third-order valence-electron chi connectivity index (χ3n) is 1.97. The van der Waals surface area contributed by atoms with Gasteiger partial charge in [0.2, 0.25) is 0 Å². The molecule has 0 aliphatic carbocycles. The number of nitro groups is 2. The van der Waals surface area contributed by atoms with Crippen molar-refractivity contribution in [2.75, 3.05) is 0 Å². The Balaban J connectivity index is 0.000000191. The van der Waals surface area contributed by atoms with E-state index in [2.05, 4.69) is 6.07 Å². The Morgan fingerprint density at radius 2 is 1.26 bits per heavy atom. The summed E-state index contributed by atoms with van der Waals surface area (Å²) >= 11 is 0. The molecule has 19 heavy (non-hydrogen) atoms. The average Bonchev–Trinajstić information content (AvgIpc) is 2.41.